The normalized spacial score (nSPS) is 16.3. The van der Waals surface area contributed by atoms with Crippen LogP contribution in [0.4, 0.5) is 9.18 Å². The third-order valence-corrected chi connectivity index (χ3v) is 5.23. The number of rotatable bonds is 5. The van der Waals surface area contributed by atoms with Crippen molar-refractivity contribution in [1.29, 1.82) is 0 Å². The minimum Gasteiger partial charge on any atom is -0.453 e. The summed E-state index contributed by atoms with van der Waals surface area (Å²) in [5.41, 5.74) is 0.541. The quantitative estimate of drug-likeness (QED) is 0.882. The Balaban J connectivity index is 1.79. The fourth-order valence-corrected chi connectivity index (χ4v) is 3.77. The van der Waals surface area contributed by atoms with Crippen molar-refractivity contribution in [1.82, 2.24) is 9.62 Å². The number of hydrogen-bond acceptors (Lipinski definition) is 4. The van der Waals surface area contributed by atoms with Gasteiger partial charge in [0.2, 0.25) is 10.0 Å². The van der Waals surface area contributed by atoms with Crippen molar-refractivity contribution in [2.24, 2.45) is 5.92 Å². The summed E-state index contributed by atoms with van der Waals surface area (Å²) in [4.78, 5) is 13.0. The van der Waals surface area contributed by atoms with Crippen LogP contribution in [0.25, 0.3) is 0 Å². The van der Waals surface area contributed by atoms with E-state index in [2.05, 4.69) is 9.46 Å². The van der Waals surface area contributed by atoms with Crippen LogP contribution < -0.4 is 4.72 Å². The monoisotopic (exact) mass is 344 g/mol. The van der Waals surface area contributed by atoms with Crippen molar-refractivity contribution >= 4 is 16.1 Å². The molecular formula is C15H21FN2O4S. The van der Waals surface area contributed by atoms with E-state index < -0.39 is 15.8 Å². The molecule has 6 nitrogen and oxygen atoms in total. The molecule has 1 aromatic carbocycles. The van der Waals surface area contributed by atoms with Crippen molar-refractivity contribution in [3.8, 4) is 0 Å². The van der Waals surface area contributed by atoms with Crippen molar-refractivity contribution in [2.75, 3.05) is 26.7 Å². The molecule has 1 aliphatic rings. The molecule has 1 amide bonds. The Bertz CT molecular complexity index is 625. The van der Waals surface area contributed by atoms with Crippen LogP contribution in [-0.4, -0.2) is 46.2 Å². The zero-order valence-corrected chi connectivity index (χ0v) is 13.8. The lowest BCUT2D eigenvalue weighted by Crippen LogP contribution is -2.41. The topological polar surface area (TPSA) is 75.7 Å². The molecule has 1 aromatic rings. The number of piperidine rings is 1. The Kier molecular flexibility index (Phi) is 5.95. The van der Waals surface area contributed by atoms with Gasteiger partial charge in [0.25, 0.3) is 0 Å². The zero-order chi connectivity index (χ0) is 16.9. The summed E-state index contributed by atoms with van der Waals surface area (Å²) in [6.45, 7) is 1.48. The van der Waals surface area contributed by atoms with E-state index in [1.165, 1.54) is 31.4 Å². The van der Waals surface area contributed by atoms with E-state index in [4.69, 9.17) is 0 Å². The molecule has 23 heavy (non-hydrogen) atoms. The molecule has 8 heteroatoms. The van der Waals surface area contributed by atoms with Gasteiger partial charge in [0.15, 0.2) is 0 Å². The fourth-order valence-electron chi connectivity index (χ4n) is 2.54. The predicted molar refractivity (Wildman–Crippen MR) is 83.7 cm³/mol. The highest BCUT2D eigenvalue weighted by Gasteiger charge is 2.24. The first-order chi connectivity index (χ1) is 10.9. The number of methoxy groups -OCH3 is 1. The molecule has 0 aromatic heterocycles. The molecule has 1 fully saturated rings. The standard InChI is InChI=1S/C15H21FN2O4S/c1-22-15(19)18-8-6-12(7-9-18)10-17-23(20,21)11-13-2-4-14(16)5-3-13/h2-5,12,17H,6-11H2,1H3. The minimum absolute atomic E-state index is 0.172. The summed E-state index contributed by atoms with van der Waals surface area (Å²) in [7, 11) is -2.11. The van der Waals surface area contributed by atoms with Crippen LogP contribution in [0.5, 0.6) is 0 Å². The van der Waals surface area contributed by atoms with Crippen LogP contribution in [-0.2, 0) is 20.5 Å². The summed E-state index contributed by atoms with van der Waals surface area (Å²) in [5.74, 6) is -0.371. The molecule has 0 radical (unpaired) electrons. The highest BCUT2D eigenvalue weighted by Crippen LogP contribution is 2.17. The maximum Gasteiger partial charge on any atom is 0.409 e. The third-order valence-electron chi connectivity index (χ3n) is 3.91. The number of nitrogens with zero attached hydrogens (tertiary/aromatic N) is 1. The number of amides is 1. The second kappa shape index (κ2) is 7.74. The Morgan fingerprint density at radius 1 is 1.30 bits per heavy atom. The SMILES string of the molecule is COC(=O)N1CCC(CNS(=O)(=O)Cc2ccc(F)cc2)CC1. The average Bonchev–Trinajstić information content (AvgIpc) is 2.55. The van der Waals surface area contributed by atoms with Gasteiger partial charge in [-0.3, -0.25) is 0 Å². The predicted octanol–water partition coefficient (Wildman–Crippen LogP) is 1.72. The smallest absolute Gasteiger partial charge is 0.409 e. The number of ether oxygens (including phenoxy) is 1. The lowest BCUT2D eigenvalue weighted by molar-refractivity contribution is 0.106. The molecule has 1 heterocycles. The first kappa shape index (κ1) is 17.7. The van der Waals surface area contributed by atoms with Crippen LogP contribution in [0.1, 0.15) is 18.4 Å². The van der Waals surface area contributed by atoms with Gasteiger partial charge in [0.1, 0.15) is 5.82 Å². The van der Waals surface area contributed by atoms with Crippen LogP contribution in [0, 0.1) is 11.7 Å². The number of sulfonamides is 1. The van der Waals surface area contributed by atoms with Crippen LogP contribution in [0.3, 0.4) is 0 Å². The number of halogens is 1. The zero-order valence-electron chi connectivity index (χ0n) is 13.0. The number of carbonyl (C=O) groups excluding carboxylic acids is 1. The number of nitrogens with one attached hydrogen (secondary N) is 1. The third kappa shape index (κ3) is 5.47. The molecule has 0 spiro atoms. The minimum atomic E-state index is -3.46. The Morgan fingerprint density at radius 3 is 2.48 bits per heavy atom. The fraction of sp³-hybridized carbons (Fsp3) is 0.533. The van der Waals surface area contributed by atoms with Gasteiger partial charge in [0.05, 0.1) is 12.9 Å². The maximum absolute atomic E-state index is 12.8. The number of likely N-dealkylation sites (tertiary alicyclic amines) is 1. The van der Waals surface area contributed by atoms with Crippen molar-refractivity contribution < 1.29 is 22.3 Å². The lowest BCUT2D eigenvalue weighted by atomic mass is 9.97. The summed E-state index contributed by atoms with van der Waals surface area (Å²) in [5, 5.41) is 0. The summed E-state index contributed by atoms with van der Waals surface area (Å²) < 4.78 is 44.2. The highest BCUT2D eigenvalue weighted by molar-refractivity contribution is 7.88. The molecule has 0 atom stereocenters. The number of benzene rings is 1. The van der Waals surface area contributed by atoms with E-state index in [0.29, 0.717) is 25.2 Å². The molecule has 2 rings (SSSR count). The van der Waals surface area contributed by atoms with Gasteiger partial charge in [0, 0.05) is 19.6 Å². The number of hydrogen-bond donors (Lipinski definition) is 1. The molecular weight excluding hydrogens is 323 g/mol. The Hall–Kier alpha value is -1.67. The van der Waals surface area contributed by atoms with Crippen molar-refractivity contribution in [2.45, 2.75) is 18.6 Å². The molecule has 1 aliphatic heterocycles. The van der Waals surface area contributed by atoms with Gasteiger partial charge in [-0.1, -0.05) is 12.1 Å². The second-order valence-corrected chi connectivity index (χ2v) is 7.44. The van der Waals surface area contributed by atoms with E-state index in [9.17, 15) is 17.6 Å². The van der Waals surface area contributed by atoms with Crippen LogP contribution >= 0.6 is 0 Å². The van der Waals surface area contributed by atoms with E-state index in [1.54, 1.807) is 4.90 Å². The average molecular weight is 344 g/mol. The second-order valence-electron chi connectivity index (χ2n) is 5.63. The first-order valence-electron chi connectivity index (χ1n) is 7.44. The van der Waals surface area contributed by atoms with E-state index in [-0.39, 0.29) is 17.8 Å². The summed E-state index contributed by atoms with van der Waals surface area (Å²) >= 11 is 0. The largest absolute Gasteiger partial charge is 0.453 e. The maximum atomic E-state index is 12.8. The molecule has 0 unspecified atom stereocenters. The molecule has 0 saturated carbocycles. The molecule has 1 N–H and O–H groups in total. The number of carbonyl (C=O) groups is 1. The van der Waals surface area contributed by atoms with Gasteiger partial charge in [-0.15, -0.1) is 0 Å². The highest BCUT2D eigenvalue weighted by atomic mass is 32.2. The van der Waals surface area contributed by atoms with Gasteiger partial charge < -0.3 is 9.64 Å². The van der Waals surface area contributed by atoms with E-state index in [0.717, 1.165) is 12.8 Å². The van der Waals surface area contributed by atoms with Gasteiger partial charge in [-0.2, -0.15) is 0 Å². The van der Waals surface area contributed by atoms with Crippen LogP contribution in [0.15, 0.2) is 24.3 Å². The van der Waals surface area contributed by atoms with Crippen molar-refractivity contribution in [3.05, 3.63) is 35.6 Å². The van der Waals surface area contributed by atoms with Gasteiger partial charge >= 0.3 is 6.09 Å². The molecule has 0 bridgehead atoms. The van der Waals surface area contributed by atoms with Gasteiger partial charge in [-0.25, -0.2) is 22.3 Å². The Labute approximate surface area is 135 Å². The molecule has 128 valence electrons. The first-order valence-corrected chi connectivity index (χ1v) is 9.09. The molecule has 0 aliphatic carbocycles. The summed E-state index contributed by atoms with van der Waals surface area (Å²) in [6, 6.07) is 5.41. The van der Waals surface area contributed by atoms with Gasteiger partial charge in [-0.05, 0) is 36.5 Å². The van der Waals surface area contributed by atoms with Crippen LogP contribution in [0.2, 0.25) is 0 Å². The lowest BCUT2D eigenvalue weighted by Gasteiger charge is -2.30. The van der Waals surface area contributed by atoms with Crippen molar-refractivity contribution in [3.63, 3.8) is 0 Å². The van der Waals surface area contributed by atoms with E-state index >= 15 is 0 Å². The van der Waals surface area contributed by atoms with E-state index in [1.807, 2.05) is 0 Å². The summed E-state index contributed by atoms with van der Waals surface area (Å²) in [6.07, 6.45) is 1.11. The Morgan fingerprint density at radius 2 is 1.91 bits per heavy atom. The molecule has 1 saturated heterocycles.